The molecule has 0 fully saturated rings. The second-order valence-electron chi connectivity index (χ2n) is 3.19. The number of hydrogen-bond donors (Lipinski definition) is 1. The Hall–Kier alpha value is -1.07. The summed E-state index contributed by atoms with van der Waals surface area (Å²) >= 11 is 0. The van der Waals surface area contributed by atoms with Gasteiger partial charge in [-0.3, -0.25) is 0 Å². The molecule has 14 heavy (non-hydrogen) atoms. The van der Waals surface area contributed by atoms with Gasteiger partial charge < -0.3 is 19.3 Å². The van der Waals surface area contributed by atoms with Gasteiger partial charge in [0.2, 0.25) is 0 Å². The zero-order valence-corrected chi connectivity index (χ0v) is 8.44. The van der Waals surface area contributed by atoms with Gasteiger partial charge in [-0.2, -0.15) is 0 Å². The molecule has 0 amide bonds. The Morgan fingerprint density at radius 2 is 2.29 bits per heavy atom. The van der Waals surface area contributed by atoms with Crippen molar-refractivity contribution < 1.29 is 24.1 Å². The summed E-state index contributed by atoms with van der Waals surface area (Å²) in [5.41, 5.74) is 0. The lowest BCUT2D eigenvalue weighted by Gasteiger charge is -2.29. The van der Waals surface area contributed by atoms with E-state index in [1.54, 1.807) is 6.92 Å². The molecule has 0 spiro atoms. The van der Waals surface area contributed by atoms with Gasteiger partial charge in [0.15, 0.2) is 5.76 Å². The summed E-state index contributed by atoms with van der Waals surface area (Å²) in [7, 11) is 2.88. The van der Waals surface area contributed by atoms with E-state index in [9.17, 15) is 9.90 Å². The number of carbonyl (C=O) groups excluding carboxylic acids is 1. The van der Waals surface area contributed by atoms with Gasteiger partial charge in [0.05, 0.1) is 25.7 Å². The summed E-state index contributed by atoms with van der Waals surface area (Å²) in [6.45, 7) is 1.97. The van der Waals surface area contributed by atoms with Crippen LogP contribution in [0, 0.1) is 5.92 Å². The van der Waals surface area contributed by atoms with Crippen LogP contribution in [0.3, 0.4) is 0 Å². The van der Waals surface area contributed by atoms with Crippen molar-refractivity contribution in [2.45, 2.75) is 12.7 Å². The van der Waals surface area contributed by atoms with E-state index in [-0.39, 0.29) is 18.3 Å². The minimum atomic E-state index is -1.69. The minimum Gasteiger partial charge on any atom is -0.494 e. The van der Waals surface area contributed by atoms with Gasteiger partial charge in [0, 0.05) is 7.11 Å². The van der Waals surface area contributed by atoms with Crippen molar-refractivity contribution in [2.24, 2.45) is 5.92 Å². The Labute approximate surface area is 82.3 Å². The number of cyclic esters (lactones) is 1. The topological polar surface area (TPSA) is 65.0 Å². The van der Waals surface area contributed by atoms with Gasteiger partial charge in [-0.05, 0) is 0 Å². The first-order chi connectivity index (χ1) is 6.54. The maximum atomic E-state index is 11.0. The van der Waals surface area contributed by atoms with Gasteiger partial charge >= 0.3 is 5.97 Å². The molecule has 0 radical (unpaired) electrons. The largest absolute Gasteiger partial charge is 0.494 e. The molecule has 0 unspecified atom stereocenters. The molecule has 0 aromatic carbocycles. The van der Waals surface area contributed by atoms with Gasteiger partial charge in [-0.25, -0.2) is 4.79 Å². The first-order valence-corrected chi connectivity index (χ1v) is 4.25. The lowest BCUT2D eigenvalue weighted by atomic mass is 10.0. The Kier molecular flexibility index (Phi) is 3.13. The van der Waals surface area contributed by atoms with Crippen LogP contribution in [-0.4, -0.2) is 37.7 Å². The van der Waals surface area contributed by atoms with Crippen molar-refractivity contribution >= 4 is 5.97 Å². The van der Waals surface area contributed by atoms with E-state index in [0.717, 1.165) is 6.08 Å². The third-order valence-electron chi connectivity index (χ3n) is 2.16. The molecule has 1 N–H and O–H groups in total. The predicted molar refractivity (Wildman–Crippen MR) is 47.2 cm³/mol. The molecule has 1 aliphatic rings. The zero-order valence-electron chi connectivity index (χ0n) is 8.44. The summed E-state index contributed by atoms with van der Waals surface area (Å²) in [6, 6.07) is 0. The smallest absolute Gasteiger partial charge is 0.337 e. The summed E-state index contributed by atoms with van der Waals surface area (Å²) in [5, 5.41) is 10.0. The predicted octanol–water partition coefficient (Wildman–Crippen LogP) is 0.0446. The van der Waals surface area contributed by atoms with Crippen molar-refractivity contribution in [3.8, 4) is 0 Å². The second-order valence-corrected chi connectivity index (χ2v) is 3.19. The minimum absolute atomic E-state index is 0.118. The molecule has 0 bridgehead atoms. The van der Waals surface area contributed by atoms with Crippen molar-refractivity contribution in [3.05, 3.63) is 11.8 Å². The van der Waals surface area contributed by atoms with Crippen molar-refractivity contribution in [1.29, 1.82) is 0 Å². The Balaban J connectivity index is 2.83. The Morgan fingerprint density at radius 3 is 2.79 bits per heavy atom. The lowest BCUT2D eigenvalue weighted by Crippen LogP contribution is -2.41. The molecule has 0 aliphatic carbocycles. The highest BCUT2D eigenvalue weighted by Gasteiger charge is 2.47. The molecular formula is C9H14O5. The maximum Gasteiger partial charge on any atom is 0.337 e. The van der Waals surface area contributed by atoms with Crippen LogP contribution in [0.2, 0.25) is 0 Å². The van der Waals surface area contributed by atoms with Gasteiger partial charge in [0.1, 0.15) is 0 Å². The molecule has 5 heteroatoms. The molecular weight excluding hydrogens is 188 g/mol. The Morgan fingerprint density at radius 1 is 1.64 bits per heavy atom. The number of ether oxygens (including phenoxy) is 3. The Bertz CT molecular complexity index is 260. The maximum absolute atomic E-state index is 11.0. The van der Waals surface area contributed by atoms with Crippen LogP contribution in [0.5, 0.6) is 0 Å². The van der Waals surface area contributed by atoms with Crippen molar-refractivity contribution in [3.63, 3.8) is 0 Å². The van der Waals surface area contributed by atoms with Gasteiger partial charge in [0.25, 0.3) is 5.79 Å². The monoisotopic (exact) mass is 202 g/mol. The van der Waals surface area contributed by atoms with Gasteiger partial charge in [-0.1, -0.05) is 6.92 Å². The standard InChI is InChI=1S/C9H14O5/c1-6(5-12-2)9(11)7(13-3)4-8(10)14-9/h4,6,11H,5H2,1-3H3/t6-,9-/m1/s1. The zero-order chi connectivity index (χ0) is 10.8. The van der Waals surface area contributed by atoms with E-state index in [1.165, 1.54) is 14.2 Å². The number of carbonyl (C=O) groups is 1. The number of aliphatic hydroxyl groups is 1. The van der Waals surface area contributed by atoms with E-state index in [4.69, 9.17) is 14.2 Å². The summed E-state index contributed by atoms with van der Waals surface area (Å²) in [6.07, 6.45) is 1.13. The molecule has 0 aromatic heterocycles. The van der Waals surface area contributed by atoms with Crippen LogP contribution >= 0.6 is 0 Å². The molecule has 0 saturated carbocycles. The van der Waals surface area contributed by atoms with Crippen LogP contribution in [0.25, 0.3) is 0 Å². The summed E-state index contributed by atoms with van der Waals surface area (Å²) in [5.74, 6) is -2.56. The quantitative estimate of drug-likeness (QED) is 0.652. The number of hydrogen-bond acceptors (Lipinski definition) is 5. The molecule has 2 atom stereocenters. The number of rotatable bonds is 4. The molecule has 1 rings (SSSR count). The summed E-state index contributed by atoms with van der Waals surface area (Å²) in [4.78, 5) is 11.0. The molecule has 5 nitrogen and oxygen atoms in total. The van der Waals surface area contributed by atoms with E-state index < -0.39 is 11.8 Å². The summed E-state index contributed by atoms with van der Waals surface area (Å²) < 4.78 is 14.5. The first kappa shape index (κ1) is 11.0. The molecule has 1 heterocycles. The highest BCUT2D eigenvalue weighted by molar-refractivity contribution is 5.85. The normalized spacial score (nSPS) is 28.3. The third-order valence-corrected chi connectivity index (χ3v) is 2.16. The van der Waals surface area contributed by atoms with E-state index >= 15 is 0 Å². The third kappa shape index (κ3) is 1.73. The highest BCUT2D eigenvalue weighted by atomic mass is 16.7. The average molecular weight is 202 g/mol. The van der Waals surface area contributed by atoms with Crippen LogP contribution in [0.4, 0.5) is 0 Å². The molecule has 1 aliphatic heterocycles. The van der Waals surface area contributed by atoms with Crippen LogP contribution in [0.1, 0.15) is 6.92 Å². The van der Waals surface area contributed by atoms with E-state index in [1.807, 2.05) is 0 Å². The highest BCUT2D eigenvalue weighted by Crippen LogP contribution is 2.33. The number of esters is 1. The van der Waals surface area contributed by atoms with E-state index in [0.29, 0.717) is 0 Å². The number of methoxy groups -OCH3 is 2. The first-order valence-electron chi connectivity index (χ1n) is 4.25. The van der Waals surface area contributed by atoms with Crippen LogP contribution < -0.4 is 0 Å². The molecule has 0 aromatic rings. The fourth-order valence-corrected chi connectivity index (χ4v) is 1.36. The SMILES string of the molecule is COC[C@@H](C)[C@@]1(O)OC(=O)C=C1OC. The lowest BCUT2D eigenvalue weighted by molar-refractivity contribution is -0.215. The van der Waals surface area contributed by atoms with Crippen molar-refractivity contribution in [1.82, 2.24) is 0 Å². The van der Waals surface area contributed by atoms with Crippen LogP contribution in [0.15, 0.2) is 11.8 Å². The van der Waals surface area contributed by atoms with Crippen LogP contribution in [-0.2, 0) is 19.0 Å². The fourth-order valence-electron chi connectivity index (χ4n) is 1.36. The van der Waals surface area contributed by atoms with Gasteiger partial charge in [-0.15, -0.1) is 0 Å². The average Bonchev–Trinajstić information content (AvgIpc) is 2.43. The second kappa shape index (κ2) is 3.98. The van der Waals surface area contributed by atoms with Crippen molar-refractivity contribution in [2.75, 3.05) is 20.8 Å². The molecule has 80 valence electrons. The fraction of sp³-hybridized carbons (Fsp3) is 0.667. The van der Waals surface area contributed by atoms with E-state index in [2.05, 4.69) is 0 Å². The molecule has 0 saturated heterocycles.